The van der Waals surface area contributed by atoms with Crippen molar-refractivity contribution >= 4 is 5.97 Å². The molecule has 0 heterocycles. The summed E-state index contributed by atoms with van der Waals surface area (Å²) in [4.78, 5) is 10.5. The zero-order valence-electron chi connectivity index (χ0n) is 7.21. The van der Waals surface area contributed by atoms with Crippen molar-refractivity contribution < 1.29 is 18.7 Å². The van der Waals surface area contributed by atoms with Crippen LogP contribution in [0.25, 0.3) is 0 Å². The fourth-order valence-electron chi connectivity index (χ4n) is 1.63. The lowest BCUT2D eigenvalue weighted by atomic mass is 10.1. The normalized spacial score (nSPS) is 24.7. The molecule has 1 fully saturated rings. The van der Waals surface area contributed by atoms with Crippen molar-refractivity contribution in [3.05, 3.63) is 35.4 Å². The molecule has 0 aromatic heterocycles. The third-order valence-corrected chi connectivity index (χ3v) is 2.42. The Labute approximate surface area is 79.2 Å². The van der Waals surface area contributed by atoms with E-state index in [0.717, 1.165) is 6.07 Å². The first-order valence-corrected chi connectivity index (χ1v) is 4.26. The van der Waals surface area contributed by atoms with Gasteiger partial charge in [-0.05, 0) is 30.0 Å². The molecular formula is C10H8F2O2. The maximum atomic E-state index is 12.8. The first-order valence-electron chi connectivity index (χ1n) is 4.26. The van der Waals surface area contributed by atoms with E-state index < -0.39 is 23.5 Å². The molecule has 1 aliphatic rings. The van der Waals surface area contributed by atoms with Gasteiger partial charge in [-0.2, -0.15) is 0 Å². The fraction of sp³-hybridized carbons (Fsp3) is 0.300. The minimum atomic E-state index is -0.903. The Morgan fingerprint density at radius 1 is 1.29 bits per heavy atom. The largest absolute Gasteiger partial charge is 0.481 e. The van der Waals surface area contributed by atoms with Crippen LogP contribution in [0.3, 0.4) is 0 Å². The van der Waals surface area contributed by atoms with E-state index in [0.29, 0.717) is 12.0 Å². The van der Waals surface area contributed by atoms with Crippen LogP contribution in [0.5, 0.6) is 0 Å². The third kappa shape index (κ3) is 1.60. The van der Waals surface area contributed by atoms with Crippen molar-refractivity contribution in [2.75, 3.05) is 0 Å². The second kappa shape index (κ2) is 3.04. The number of hydrogen-bond donors (Lipinski definition) is 1. The number of benzene rings is 1. The van der Waals surface area contributed by atoms with E-state index in [4.69, 9.17) is 5.11 Å². The molecule has 0 spiro atoms. The number of aliphatic carboxylic acids is 1. The van der Waals surface area contributed by atoms with E-state index >= 15 is 0 Å². The molecule has 2 nitrogen and oxygen atoms in total. The number of rotatable bonds is 2. The van der Waals surface area contributed by atoms with E-state index in [1.54, 1.807) is 0 Å². The summed E-state index contributed by atoms with van der Waals surface area (Å²) in [6.45, 7) is 0. The van der Waals surface area contributed by atoms with Crippen LogP contribution in [0, 0.1) is 17.6 Å². The molecule has 1 unspecified atom stereocenters. The standard InChI is InChI=1S/C10H8F2O2/c11-6-1-5(2-7(12)3-6)8-4-9(8)10(13)14/h1-3,8-9H,4H2,(H,13,14)/t8-,9?/m0/s1. The van der Waals surface area contributed by atoms with Crippen LogP contribution in [0.2, 0.25) is 0 Å². The zero-order valence-corrected chi connectivity index (χ0v) is 7.21. The molecule has 0 bridgehead atoms. The summed E-state index contributed by atoms with van der Waals surface area (Å²) < 4.78 is 25.5. The zero-order chi connectivity index (χ0) is 10.3. The molecule has 2 rings (SSSR count). The fourth-order valence-corrected chi connectivity index (χ4v) is 1.63. The molecule has 74 valence electrons. The van der Waals surface area contributed by atoms with Gasteiger partial charge in [0, 0.05) is 6.07 Å². The summed E-state index contributed by atoms with van der Waals surface area (Å²) in [6, 6.07) is 3.16. The summed E-state index contributed by atoms with van der Waals surface area (Å²) in [5.41, 5.74) is 0.440. The van der Waals surface area contributed by atoms with Crippen LogP contribution in [-0.4, -0.2) is 11.1 Å². The number of carboxylic acids is 1. The Hall–Kier alpha value is -1.45. The van der Waals surface area contributed by atoms with Crippen LogP contribution >= 0.6 is 0 Å². The van der Waals surface area contributed by atoms with Gasteiger partial charge in [0.05, 0.1) is 5.92 Å². The predicted molar refractivity (Wildman–Crippen MR) is 44.8 cm³/mol. The van der Waals surface area contributed by atoms with E-state index in [9.17, 15) is 13.6 Å². The molecule has 2 atom stereocenters. The second-order valence-corrected chi connectivity index (χ2v) is 3.49. The van der Waals surface area contributed by atoms with Gasteiger partial charge in [-0.3, -0.25) is 4.79 Å². The Balaban J connectivity index is 2.23. The predicted octanol–water partition coefficient (Wildman–Crippen LogP) is 2.15. The first-order chi connectivity index (χ1) is 6.58. The Kier molecular flexibility index (Phi) is 1.98. The SMILES string of the molecule is O=C(O)C1C[C@H]1c1cc(F)cc(F)c1. The van der Waals surface area contributed by atoms with Gasteiger partial charge in [0.2, 0.25) is 0 Å². The number of halogens is 2. The molecule has 14 heavy (non-hydrogen) atoms. The molecular weight excluding hydrogens is 190 g/mol. The highest BCUT2D eigenvalue weighted by Crippen LogP contribution is 2.47. The molecule has 0 aliphatic heterocycles. The first kappa shape index (κ1) is 9.12. The summed E-state index contributed by atoms with van der Waals surface area (Å²) >= 11 is 0. The van der Waals surface area contributed by atoms with Crippen LogP contribution < -0.4 is 0 Å². The molecule has 4 heteroatoms. The van der Waals surface area contributed by atoms with Gasteiger partial charge < -0.3 is 5.11 Å². The summed E-state index contributed by atoms with van der Waals surface area (Å²) in [5, 5.41) is 8.64. The molecule has 0 amide bonds. The molecule has 1 N–H and O–H groups in total. The molecule has 1 saturated carbocycles. The molecule has 0 saturated heterocycles. The van der Waals surface area contributed by atoms with E-state index in [1.165, 1.54) is 12.1 Å². The number of hydrogen-bond acceptors (Lipinski definition) is 1. The highest BCUT2D eigenvalue weighted by molar-refractivity contribution is 5.75. The van der Waals surface area contributed by atoms with Crippen molar-refractivity contribution in [1.29, 1.82) is 0 Å². The minimum absolute atomic E-state index is 0.224. The van der Waals surface area contributed by atoms with Crippen LogP contribution in [0.15, 0.2) is 18.2 Å². The third-order valence-electron chi connectivity index (χ3n) is 2.42. The van der Waals surface area contributed by atoms with Gasteiger partial charge in [0.15, 0.2) is 0 Å². The van der Waals surface area contributed by atoms with E-state index in [1.807, 2.05) is 0 Å². The molecule has 1 aromatic carbocycles. The minimum Gasteiger partial charge on any atom is -0.481 e. The highest BCUT2D eigenvalue weighted by Gasteiger charge is 2.44. The lowest BCUT2D eigenvalue weighted by Gasteiger charge is -1.99. The maximum Gasteiger partial charge on any atom is 0.307 e. The van der Waals surface area contributed by atoms with Gasteiger partial charge in [-0.1, -0.05) is 0 Å². The van der Waals surface area contributed by atoms with Crippen molar-refractivity contribution in [2.45, 2.75) is 12.3 Å². The average Bonchev–Trinajstić information content (AvgIpc) is 2.79. The smallest absolute Gasteiger partial charge is 0.307 e. The van der Waals surface area contributed by atoms with Crippen molar-refractivity contribution in [1.82, 2.24) is 0 Å². The maximum absolute atomic E-state index is 12.8. The number of carboxylic acid groups (broad SMARTS) is 1. The van der Waals surface area contributed by atoms with Crippen molar-refractivity contribution in [3.63, 3.8) is 0 Å². The van der Waals surface area contributed by atoms with Crippen LogP contribution in [0.4, 0.5) is 8.78 Å². The van der Waals surface area contributed by atoms with Crippen molar-refractivity contribution in [2.24, 2.45) is 5.92 Å². The quantitative estimate of drug-likeness (QED) is 0.790. The lowest BCUT2D eigenvalue weighted by molar-refractivity contribution is -0.138. The van der Waals surface area contributed by atoms with Gasteiger partial charge >= 0.3 is 5.97 Å². The molecule has 1 aliphatic carbocycles. The average molecular weight is 198 g/mol. The summed E-state index contributed by atoms with van der Waals surface area (Å²) in [6.07, 6.45) is 0.470. The highest BCUT2D eigenvalue weighted by atomic mass is 19.1. The topological polar surface area (TPSA) is 37.3 Å². The van der Waals surface area contributed by atoms with Crippen LogP contribution in [0.1, 0.15) is 17.9 Å². The second-order valence-electron chi connectivity index (χ2n) is 3.49. The Morgan fingerprint density at radius 2 is 1.86 bits per heavy atom. The van der Waals surface area contributed by atoms with Gasteiger partial charge in [0.25, 0.3) is 0 Å². The monoisotopic (exact) mass is 198 g/mol. The Bertz CT molecular complexity index is 369. The van der Waals surface area contributed by atoms with Crippen LogP contribution in [-0.2, 0) is 4.79 Å². The van der Waals surface area contributed by atoms with Gasteiger partial charge in [0.1, 0.15) is 11.6 Å². The summed E-state index contributed by atoms with van der Waals surface area (Å²) in [7, 11) is 0. The summed E-state index contributed by atoms with van der Waals surface area (Å²) in [5.74, 6) is -2.92. The van der Waals surface area contributed by atoms with E-state index in [-0.39, 0.29) is 5.92 Å². The number of carbonyl (C=O) groups is 1. The van der Waals surface area contributed by atoms with Gasteiger partial charge in [-0.25, -0.2) is 8.78 Å². The Morgan fingerprint density at radius 3 is 2.29 bits per heavy atom. The van der Waals surface area contributed by atoms with E-state index in [2.05, 4.69) is 0 Å². The lowest BCUT2D eigenvalue weighted by Crippen LogP contribution is -1.99. The molecule has 0 radical (unpaired) electrons. The van der Waals surface area contributed by atoms with Crippen molar-refractivity contribution in [3.8, 4) is 0 Å². The van der Waals surface area contributed by atoms with Gasteiger partial charge in [-0.15, -0.1) is 0 Å². The molecule has 1 aromatic rings.